The predicted octanol–water partition coefficient (Wildman–Crippen LogP) is 1.09. The Morgan fingerprint density at radius 1 is 1.50 bits per heavy atom. The Labute approximate surface area is 96.7 Å². The number of hydrogen-bond donors (Lipinski definition) is 2. The fourth-order valence-corrected chi connectivity index (χ4v) is 2.52. The van der Waals surface area contributed by atoms with E-state index in [9.17, 15) is 5.11 Å². The molecule has 0 saturated heterocycles. The molecule has 1 aliphatic carbocycles. The minimum Gasteiger partial charge on any atom is -0.394 e. The summed E-state index contributed by atoms with van der Waals surface area (Å²) in [4.78, 5) is 4.19. The van der Waals surface area contributed by atoms with E-state index in [0.717, 1.165) is 31.8 Å². The van der Waals surface area contributed by atoms with Crippen LogP contribution in [0.25, 0.3) is 0 Å². The van der Waals surface area contributed by atoms with E-state index in [1.165, 1.54) is 12.8 Å². The minimum atomic E-state index is -0.00547. The molecule has 0 radical (unpaired) electrons. The van der Waals surface area contributed by atoms with Gasteiger partial charge in [-0.3, -0.25) is 0 Å². The zero-order valence-electron chi connectivity index (χ0n) is 9.95. The van der Waals surface area contributed by atoms with Crippen LogP contribution >= 0.6 is 0 Å². The van der Waals surface area contributed by atoms with Crippen LogP contribution < -0.4 is 5.32 Å². The predicted molar refractivity (Wildman–Crippen MR) is 63.3 cm³/mol. The van der Waals surface area contributed by atoms with Gasteiger partial charge in [0.15, 0.2) is 0 Å². The summed E-state index contributed by atoms with van der Waals surface area (Å²) < 4.78 is 2.13. The molecule has 4 nitrogen and oxygen atoms in total. The van der Waals surface area contributed by atoms with Crippen LogP contribution in [0.4, 0.5) is 0 Å². The van der Waals surface area contributed by atoms with Gasteiger partial charge < -0.3 is 15.0 Å². The Morgan fingerprint density at radius 2 is 2.25 bits per heavy atom. The lowest BCUT2D eigenvalue weighted by molar-refractivity contribution is 0.163. The highest BCUT2D eigenvalue weighted by Gasteiger charge is 2.32. The van der Waals surface area contributed by atoms with Crippen LogP contribution in [-0.4, -0.2) is 33.3 Å². The minimum absolute atomic E-state index is 0.00547. The maximum absolute atomic E-state index is 9.45. The molecular weight excluding hydrogens is 202 g/mol. The highest BCUT2D eigenvalue weighted by atomic mass is 16.3. The highest BCUT2D eigenvalue weighted by Crippen LogP contribution is 2.28. The van der Waals surface area contributed by atoms with Crippen LogP contribution in [0, 0.1) is 6.92 Å². The van der Waals surface area contributed by atoms with Crippen molar-refractivity contribution in [3.8, 4) is 0 Å². The van der Waals surface area contributed by atoms with Crippen molar-refractivity contribution in [2.75, 3.05) is 13.2 Å². The van der Waals surface area contributed by atoms with Crippen LogP contribution in [0.3, 0.4) is 0 Å². The van der Waals surface area contributed by atoms with Crippen LogP contribution in [-0.2, 0) is 6.54 Å². The molecule has 0 atom stereocenters. The number of aryl methyl sites for hydroxylation is 1. The lowest BCUT2D eigenvalue weighted by Crippen LogP contribution is -2.47. The standard InChI is InChI=1S/C12H21N3O/c1-11-13-6-8-15(11)9-7-14-12(10-16)4-2-3-5-12/h6,8,14,16H,2-5,7,9-10H2,1H3. The molecular formula is C12H21N3O. The van der Waals surface area contributed by atoms with E-state index in [4.69, 9.17) is 0 Å². The van der Waals surface area contributed by atoms with Gasteiger partial charge in [-0.1, -0.05) is 12.8 Å². The second-order valence-corrected chi connectivity index (χ2v) is 4.74. The number of aliphatic hydroxyl groups is 1. The van der Waals surface area contributed by atoms with E-state index in [0.29, 0.717) is 0 Å². The quantitative estimate of drug-likeness (QED) is 0.785. The fourth-order valence-electron chi connectivity index (χ4n) is 2.52. The van der Waals surface area contributed by atoms with Crippen molar-refractivity contribution < 1.29 is 5.11 Å². The molecule has 0 aliphatic heterocycles. The van der Waals surface area contributed by atoms with Crippen molar-refractivity contribution in [3.05, 3.63) is 18.2 Å². The first-order chi connectivity index (χ1) is 7.76. The fraction of sp³-hybridized carbons (Fsp3) is 0.750. The molecule has 0 spiro atoms. The summed E-state index contributed by atoms with van der Waals surface area (Å²) >= 11 is 0. The van der Waals surface area contributed by atoms with Gasteiger partial charge in [-0.15, -0.1) is 0 Å². The van der Waals surface area contributed by atoms with E-state index >= 15 is 0 Å². The molecule has 0 unspecified atom stereocenters. The van der Waals surface area contributed by atoms with Crippen molar-refractivity contribution in [1.29, 1.82) is 0 Å². The molecule has 0 amide bonds. The summed E-state index contributed by atoms with van der Waals surface area (Å²) in [7, 11) is 0. The van der Waals surface area contributed by atoms with E-state index in [-0.39, 0.29) is 12.1 Å². The molecule has 2 N–H and O–H groups in total. The summed E-state index contributed by atoms with van der Waals surface area (Å²) in [5.74, 6) is 1.05. The third-order valence-corrected chi connectivity index (χ3v) is 3.64. The third kappa shape index (κ3) is 2.44. The first kappa shape index (κ1) is 11.6. The smallest absolute Gasteiger partial charge is 0.105 e. The average molecular weight is 223 g/mol. The number of imidazole rings is 1. The van der Waals surface area contributed by atoms with Gasteiger partial charge >= 0.3 is 0 Å². The first-order valence-corrected chi connectivity index (χ1v) is 6.09. The number of hydrogen-bond acceptors (Lipinski definition) is 3. The lowest BCUT2D eigenvalue weighted by atomic mass is 9.99. The number of rotatable bonds is 5. The Hall–Kier alpha value is -0.870. The zero-order chi connectivity index (χ0) is 11.4. The van der Waals surface area contributed by atoms with Crippen molar-refractivity contribution in [2.45, 2.75) is 44.7 Å². The molecule has 16 heavy (non-hydrogen) atoms. The topological polar surface area (TPSA) is 50.1 Å². The summed E-state index contributed by atoms with van der Waals surface area (Å²) in [6.07, 6.45) is 8.50. The highest BCUT2D eigenvalue weighted by molar-refractivity contribution is 4.93. The van der Waals surface area contributed by atoms with Crippen LogP contribution in [0.5, 0.6) is 0 Å². The molecule has 1 aromatic heterocycles. The number of nitrogens with one attached hydrogen (secondary N) is 1. The van der Waals surface area contributed by atoms with Gasteiger partial charge in [0.25, 0.3) is 0 Å². The van der Waals surface area contributed by atoms with Crippen LogP contribution in [0.1, 0.15) is 31.5 Å². The zero-order valence-corrected chi connectivity index (χ0v) is 9.95. The molecule has 90 valence electrons. The van der Waals surface area contributed by atoms with Gasteiger partial charge in [-0.2, -0.15) is 0 Å². The van der Waals surface area contributed by atoms with Gasteiger partial charge in [0.1, 0.15) is 5.82 Å². The second-order valence-electron chi connectivity index (χ2n) is 4.74. The first-order valence-electron chi connectivity index (χ1n) is 6.09. The monoisotopic (exact) mass is 223 g/mol. The van der Waals surface area contributed by atoms with Crippen LogP contribution in [0.15, 0.2) is 12.4 Å². The van der Waals surface area contributed by atoms with Gasteiger partial charge in [0.2, 0.25) is 0 Å². The largest absolute Gasteiger partial charge is 0.394 e. The summed E-state index contributed by atoms with van der Waals surface area (Å²) in [6.45, 7) is 4.10. The van der Waals surface area contributed by atoms with Crippen molar-refractivity contribution in [1.82, 2.24) is 14.9 Å². The van der Waals surface area contributed by atoms with E-state index in [1.54, 1.807) is 0 Å². The molecule has 1 heterocycles. The second kappa shape index (κ2) is 4.97. The van der Waals surface area contributed by atoms with Crippen LogP contribution in [0.2, 0.25) is 0 Å². The molecule has 1 saturated carbocycles. The number of aromatic nitrogens is 2. The Balaban J connectivity index is 1.81. The maximum Gasteiger partial charge on any atom is 0.105 e. The normalized spacial score (nSPS) is 19.1. The Kier molecular flexibility index (Phi) is 3.61. The van der Waals surface area contributed by atoms with Crippen molar-refractivity contribution >= 4 is 0 Å². The maximum atomic E-state index is 9.45. The molecule has 0 bridgehead atoms. The summed E-state index contributed by atoms with van der Waals surface area (Å²) in [5.41, 5.74) is -0.00547. The van der Waals surface area contributed by atoms with Gasteiger partial charge in [0, 0.05) is 31.0 Å². The summed E-state index contributed by atoms with van der Waals surface area (Å²) in [5, 5.41) is 13.0. The van der Waals surface area contributed by atoms with Crippen molar-refractivity contribution in [3.63, 3.8) is 0 Å². The summed E-state index contributed by atoms with van der Waals surface area (Å²) in [6, 6.07) is 0. The average Bonchev–Trinajstić information content (AvgIpc) is 2.90. The SMILES string of the molecule is Cc1nccn1CCNC1(CO)CCCC1. The Bertz CT molecular complexity index is 329. The molecule has 1 aromatic rings. The molecule has 4 heteroatoms. The number of aliphatic hydroxyl groups excluding tert-OH is 1. The van der Waals surface area contributed by atoms with Gasteiger partial charge in [-0.25, -0.2) is 4.98 Å². The number of nitrogens with zero attached hydrogens (tertiary/aromatic N) is 2. The van der Waals surface area contributed by atoms with Crippen molar-refractivity contribution in [2.24, 2.45) is 0 Å². The van der Waals surface area contributed by atoms with E-state index in [1.807, 2.05) is 19.3 Å². The molecule has 2 rings (SSSR count). The van der Waals surface area contributed by atoms with Gasteiger partial charge in [0.05, 0.1) is 6.61 Å². The van der Waals surface area contributed by atoms with E-state index < -0.39 is 0 Å². The van der Waals surface area contributed by atoms with E-state index in [2.05, 4.69) is 14.9 Å². The lowest BCUT2D eigenvalue weighted by Gasteiger charge is -2.28. The molecule has 1 aliphatic rings. The molecule has 0 aromatic carbocycles. The third-order valence-electron chi connectivity index (χ3n) is 3.64. The molecule has 1 fully saturated rings. The Morgan fingerprint density at radius 3 is 2.81 bits per heavy atom. The van der Waals surface area contributed by atoms with Gasteiger partial charge in [-0.05, 0) is 19.8 Å².